The second-order valence-electron chi connectivity index (χ2n) is 9.17. The number of benzene rings is 2. The largest absolute Gasteiger partial charge is 0.504 e. The number of aliphatic hydroxyl groups is 3. The van der Waals surface area contributed by atoms with Gasteiger partial charge < -0.3 is 49.5 Å². The van der Waals surface area contributed by atoms with Gasteiger partial charge in [-0.1, -0.05) is 30.3 Å². The Kier molecular flexibility index (Phi) is 9.40. The van der Waals surface area contributed by atoms with Crippen LogP contribution >= 0.6 is 11.8 Å². The van der Waals surface area contributed by atoms with Crippen LogP contribution in [0.1, 0.15) is 6.42 Å². The fourth-order valence-corrected chi connectivity index (χ4v) is 4.74. The van der Waals surface area contributed by atoms with Gasteiger partial charge in [0.2, 0.25) is 12.0 Å². The van der Waals surface area contributed by atoms with Crippen LogP contribution in [0.3, 0.4) is 0 Å². The van der Waals surface area contributed by atoms with E-state index >= 15 is 0 Å². The van der Waals surface area contributed by atoms with Gasteiger partial charge in [0.15, 0.2) is 23.0 Å². The van der Waals surface area contributed by atoms with Crippen molar-refractivity contribution in [1.29, 1.82) is 0 Å². The zero-order valence-electron chi connectivity index (χ0n) is 21.9. The van der Waals surface area contributed by atoms with Crippen LogP contribution in [0.2, 0.25) is 0 Å². The standard InChI is InChI=1S/C27H29NO12S/c1-37-26(36)13(8-9-41-2)28-25(35)24-22(33)21(32)23(34)27(40-24)39-17-11-16-18(20(31)19(17)30)14(29)10-15(38-16)12-6-4-3-5-7-12/h3-7,10-11,13,21-24,27,30-34H,8-9H2,1-2H3,(H,28,35). The Bertz CT molecular complexity index is 1460. The van der Waals surface area contributed by atoms with E-state index in [1.165, 1.54) is 11.8 Å². The number of carbonyl (C=O) groups excluding carboxylic acids is 2. The predicted molar refractivity (Wildman–Crippen MR) is 146 cm³/mol. The molecule has 0 aliphatic carbocycles. The topological polar surface area (TPSA) is 205 Å². The molecule has 41 heavy (non-hydrogen) atoms. The molecule has 6 N–H and O–H groups in total. The summed E-state index contributed by atoms with van der Waals surface area (Å²) < 4.78 is 21.5. The number of hydrogen-bond donors (Lipinski definition) is 6. The molecule has 1 aromatic heterocycles. The number of aromatic hydroxyl groups is 2. The van der Waals surface area contributed by atoms with E-state index in [1.807, 2.05) is 0 Å². The van der Waals surface area contributed by atoms with Gasteiger partial charge >= 0.3 is 5.97 Å². The van der Waals surface area contributed by atoms with E-state index in [2.05, 4.69) is 5.32 Å². The minimum Gasteiger partial charge on any atom is -0.504 e. The molecule has 0 saturated carbocycles. The summed E-state index contributed by atoms with van der Waals surface area (Å²) in [7, 11) is 1.15. The molecule has 0 bridgehead atoms. The minimum absolute atomic E-state index is 0.157. The van der Waals surface area contributed by atoms with Crippen molar-refractivity contribution in [2.24, 2.45) is 0 Å². The van der Waals surface area contributed by atoms with Gasteiger partial charge in [-0.3, -0.25) is 9.59 Å². The monoisotopic (exact) mass is 591 g/mol. The number of methoxy groups -OCH3 is 1. The van der Waals surface area contributed by atoms with Gasteiger partial charge in [-0.05, 0) is 18.4 Å². The Labute approximate surface area is 237 Å². The number of aliphatic hydroxyl groups excluding tert-OH is 3. The lowest BCUT2D eigenvalue weighted by Crippen LogP contribution is -2.63. The highest BCUT2D eigenvalue weighted by molar-refractivity contribution is 7.98. The van der Waals surface area contributed by atoms with Crippen molar-refractivity contribution in [3.05, 3.63) is 52.7 Å². The van der Waals surface area contributed by atoms with Crippen LogP contribution < -0.4 is 15.5 Å². The number of carbonyl (C=O) groups is 2. The fourth-order valence-electron chi connectivity index (χ4n) is 4.27. The molecule has 1 amide bonds. The third-order valence-electron chi connectivity index (χ3n) is 6.47. The number of phenolic OH excluding ortho intramolecular Hbond substituents is 2. The lowest BCUT2D eigenvalue weighted by molar-refractivity contribution is -0.267. The van der Waals surface area contributed by atoms with Crippen LogP contribution in [0.5, 0.6) is 17.2 Å². The van der Waals surface area contributed by atoms with Crippen LogP contribution in [0.15, 0.2) is 51.7 Å². The summed E-state index contributed by atoms with van der Waals surface area (Å²) in [6.45, 7) is 0. The van der Waals surface area contributed by atoms with Gasteiger partial charge in [0.1, 0.15) is 41.1 Å². The zero-order chi connectivity index (χ0) is 29.8. The molecule has 13 nitrogen and oxygen atoms in total. The molecule has 2 heterocycles. The molecule has 3 aromatic rings. The first-order valence-corrected chi connectivity index (χ1v) is 13.8. The smallest absolute Gasteiger partial charge is 0.328 e. The highest BCUT2D eigenvalue weighted by Gasteiger charge is 2.48. The van der Waals surface area contributed by atoms with Gasteiger partial charge in [-0.25, -0.2) is 4.79 Å². The molecule has 2 aromatic carbocycles. The summed E-state index contributed by atoms with van der Waals surface area (Å²) in [5.41, 5.74) is -0.284. The molecule has 0 spiro atoms. The first-order chi connectivity index (χ1) is 19.6. The number of rotatable bonds is 9. The minimum atomic E-state index is -1.95. The van der Waals surface area contributed by atoms with Crippen molar-refractivity contribution < 1.29 is 53.7 Å². The fraction of sp³-hybridized carbons (Fsp3) is 0.370. The summed E-state index contributed by atoms with van der Waals surface area (Å²) in [6.07, 6.45) is -7.48. The molecule has 1 saturated heterocycles. The van der Waals surface area contributed by atoms with Crippen molar-refractivity contribution in [3.8, 4) is 28.6 Å². The highest BCUT2D eigenvalue weighted by atomic mass is 32.2. The van der Waals surface area contributed by atoms with E-state index in [4.69, 9.17) is 18.6 Å². The Morgan fingerprint density at radius 2 is 1.76 bits per heavy atom. The van der Waals surface area contributed by atoms with Crippen LogP contribution in [0, 0.1) is 0 Å². The Hall–Kier alpha value is -3.82. The van der Waals surface area contributed by atoms with Crippen LogP contribution in [-0.4, -0.2) is 93.3 Å². The van der Waals surface area contributed by atoms with E-state index < -0.39 is 71.3 Å². The van der Waals surface area contributed by atoms with Crippen LogP contribution in [0.4, 0.5) is 0 Å². The number of thioether (sulfide) groups is 1. The number of ether oxygens (including phenoxy) is 3. The first kappa shape index (κ1) is 30.1. The van der Waals surface area contributed by atoms with E-state index in [-0.39, 0.29) is 23.2 Å². The molecule has 4 rings (SSSR count). The molecule has 0 radical (unpaired) electrons. The quantitative estimate of drug-likeness (QED) is 0.148. The van der Waals surface area contributed by atoms with E-state index in [1.54, 1.807) is 36.6 Å². The number of phenols is 2. The Morgan fingerprint density at radius 1 is 1.05 bits per heavy atom. The molecule has 6 atom stereocenters. The average Bonchev–Trinajstić information content (AvgIpc) is 2.97. The molecular weight excluding hydrogens is 562 g/mol. The Balaban J connectivity index is 1.63. The number of hydrogen-bond acceptors (Lipinski definition) is 13. The average molecular weight is 592 g/mol. The van der Waals surface area contributed by atoms with E-state index in [9.17, 15) is 39.9 Å². The van der Waals surface area contributed by atoms with Crippen molar-refractivity contribution >= 4 is 34.6 Å². The van der Waals surface area contributed by atoms with Gasteiger partial charge in [0.05, 0.1) is 7.11 Å². The van der Waals surface area contributed by atoms with Gasteiger partial charge in [0.25, 0.3) is 5.91 Å². The number of nitrogens with one attached hydrogen (secondary N) is 1. The lowest BCUT2D eigenvalue weighted by atomic mass is 9.98. The van der Waals surface area contributed by atoms with Crippen LogP contribution in [-0.2, 0) is 19.1 Å². The van der Waals surface area contributed by atoms with Gasteiger partial charge in [-0.15, -0.1) is 0 Å². The van der Waals surface area contributed by atoms with E-state index in [0.29, 0.717) is 11.3 Å². The molecule has 1 aliphatic heterocycles. The summed E-state index contributed by atoms with van der Waals surface area (Å²) in [4.78, 5) is 37.8. The number of esters is 1. The molecule has 1 aliphatic rings. The predicted octanol–water partition coefficient (Wildman–Crippen LogP) is 0.468. The normalized spacial score (nSPS) is 23.1. The summed E-state index contributed by atoms with van der Waals surface area (Å²) in [6, 6.07) is 9.74. The Morgan fingerprint density at radius 3 is 2.41 bits per heavy atom. The van der Waals surface area contributed by atoms with Crippen molar-refractivity contribution in [2.45, 2.75) is 43.2 Å². The van der Waals surface area contributed by atoms with Gasteiger partial charge in [-0.2, -0.15) is 11.8 Å². The number of amides is 1. The molecule has 6 unspecified atom stereocenters. The summed E-state index contributed by atoms with van der Waals surface area (Å²) in [5.74, 6) is -3.39. The maximum Gasteiger partial charge on any atom is 0.328 e. The SMILES string of the molecule is COC(=O)C(CCSC)NC(=O)C1OC(Oc2cc3oc(-c4ccccc4)cc(=O)c3c(O)c2O)C(O)C(O)C1O. The van der Waals surface area contributed by atoms with Crippen molar-refractivity contribution in [2.75, 3.05) is 19.1 Å². The first-order valence-electron chi connectivity index (χ1n) is 12.4. The maximum atomic E-state index is 13.0. The molecule has 220 valence electrons. The van der Waals surface area contributed by atoms with E-state index in [0.717, 1.165) is 19.2 Å². The zero-order valence-corrected chi connectivity index (χ0v) is 22.7. The van der Waals surface area contributed by atoms with Crippen LogP contribution in [0.25, 0.3) is 22.3 Å². The third-order valence-corrected chi connectivity index (χ3v) is 7.12. The summed E-state index contributed by atoms with van der Waals surface area (Å²) in [5, 5.41) is 54.6. The molecular formula is C27H29NO12S. The van der Waals surface area contributed by atoms with Crippen molar-refractivity contribution in [3.63, 3.8) is 0 Å². The van der Waals surface area contributed by atoms with Gasteiger partial charge in [0, 0.05) is 17.7 Å². The third kappa shape index (κ3) is 6.26. The molecule has 14 heteroatoms. The highest BCUT2D eigenvalue weighted by Crippen LogP contribution is 2.42. The number of fused-ring (bicyclic) bond motifs is 1. The second-order valence-corrected chi connectivity index (χ2v) is 10.2. The second kappa shape index (κ2) is 12.8. The maximum absolute atomic E-state index is 13.0. The molecule has 1 fully saturated rings. The summed E-state index contributed by atoms with van der Waals surface area (Å²) >= 11 is 1.42. The lowest BCUT2D eigenvalue weighted by Gasteiger charge is -2.39. The van der Waals surface area contributed by atoms with Crippen molar-refractivity contribution in [1.82, 2.24) is 5.32 Å².